The molecule has 2 aromatic carbocycles. The van der Waals surface area contributed by atoms with Gasteiger partial charge in [0.1, 0.15) is 11.8 Å². The lowest BCUT2D eigenvalue weighted by molar-refractivity contribution is -0.125. The SMILES string of the molecule is CCc1ccc(NC(=O)[C@H]2CC(=O)NC(N3CCN(c4ccc(OC)cc4)CC3)=N2)cc1. The van der Waals surface area contributed by atoms with Crippen molar-refractivity contribution >= 4 is 29.1 Å². The van der Waals surface area contributed by atoms with Gasteiger partial charge in [0, 0.05) is 37.6 Å². The maximum atomic E-state index is 12.8. The summed E-state index contributed by atoms with van der Waals surface area (Å²) in [6, 6.07) is 15.0. The molecule has 2 aliphatic rings. The zero-order valence-electron chi connectivity index (χ0n) is 18.5. The average molecular weight is 436 g/mol. The molecule has 0 radical (unpaired) electrons. The maximum Gasteiger partial charge on any atom is 0.249 e. The van der Waals surface area contributed by atoms with Crippen LogP contribution >= 0.6 is 0 Å². The monoisotopic (exact) mass is 435 g/mol. The lowest BCUT2D eigenvalue weighted by Gasteiger charge is -2.38. The van der Waals surface area contributed by atoms with Crippen LogP contribution in [0.1, 0.15) is 18.9 Å². The number of ether oxygens (including phenoxy) is 1. The number of aryl methyl sites for hydroxylation is 1. The van der Waals surface area contributed by atoms with E-state index in [0.717, 1.165) is 30.9 Å². The zero-order chi connectivity index (χ0) is 22.5. The fourth-order valence-electron chi connectivity index (χ4n) is 3.91. The van der Waals surface area contributed by atoms with Crippen LogP contribution in [0.2, 0.25) is 0 Å². The van der Waals surface area contributed by atoms with Crippen LogP contribution in [-0.4, -0.2) is 62.0 Å². The molecule has 0 bridgehead atoms. The number of guanidine groups is 1. The number of nitrogens with zero attached hydrogens (tertiary/aromatic N) is 3. The highest BCUT2D eigenvalue weighted by molar-refractivity contribution is 6.06. The smallest absolute Gasteiger partial charge is 0.249 e. The molecule has 0 spiro atoms. The third kappa shape index (κ3) is 5.01. The molecule has 2 aliphatic heterocycles. The van der Waals surface area contributed by atoms with Crippen molar-refractivity contribution < 1.29 is 14.3 Å². The highest BCUT2D eigenvalue weighted by Crippen LogP contribution is 2.21. The van der Waals surface area contributed by atoms with Crippen molar-refractivity contribution in [3.63, 3.8) is 0 Å². The van der Waals surface area contributed by atoms with Crippen molar-refractivity contribution in [2.75, 3.05) is 43.5 Å². The quantitative estimate of drug-likeness (QED) is 0.753. The van der Waals surface area contributed by atoms with Gasteiger partial charge in [0.15, 0.2) is 0 Å². The molecule has 2 amide bonds. The minimum absolute atomic E-state index is 0.0498. The minimum Gasteiger partial charge on any atom is -0.497 e. The molecule has 2 aromatic rings. The molecule has 1 saturated heterocycles. The molecule has 0 aromatic heterocycles. The number of amides is 2. The number of anilines is 2. The van der Waals surface area contributed by atoms with E-state index < -0.39 is 6.04 Å². The Morgan fingerprint density at radius 2 is 1.72 bits per heavy atom. The Kier molecular flexibility index (Phi) is 6.58. The predicted octanol–water partition coefficient (Wildman–Crippen LogP) is 2.26. The van der Waals surface area contributed by atoms with Crippen molar-refractivity contribution in [1.82, 2.24) is 10.2 Å². The average Bonchev–Trinajstić information content (AvgIpc) is 2.84. The Labute approximate surface area is 188 Å². The van der Waals surface area contributed by atoms with Gasteiger partial charge in [0.25, 0.3) is 0 Å². The molecule has 8 heteroatoms. The molecule has 8 nitrogen and oxygen atoms in total. The van der Waals surface area contributed by atoms with Gasteiger partial charge < -0.3 is 19.9 Å². The third-order valence-electron chi connectivity index (χ3n) is 5.86. The number of rotatable bonds is 5. The molecule has 32 heavy (non-hydrogen) atoms. The van der Waals surface area contributed by atoms with Crippen molar-refractivity contribution in [3.05, 3.63) is 54.1 Å². The molecular weight excluding hydrogens is 406 g/mol. The molecule has 168 valence electrons. The number of nitrogens with one attached hydrogen (secondary N) is 2. The van der Waals surface area contributed by atoms with Crippen LogP contribution in [0, 0.1) is 0 Å². The molecule has 0 saturated carbocycles. The summed E-state index contributed by atoms with van der Waals surface area (Å²) < 4.78 is 5.22. The molecule has 4 rings (SSSR count). The summed E-state index contributed by atoms with van der Waals surface area (Å²) in [6.07, 6.45) is 0.991. The Morgan fingerprint density at radius 3 is 2.34 bits per heavy atom. The van der Waals surface area contributed by atoms with E-state index in [4.69, 9.17) is 4.74 Å². The van der Waals surface area contributed by atoms with Gasteiger partial charge in [-0.05, 0) is 48.4 Å². The Balaban J connectivity index is 1.38. The molecule has 0 aliphatic carbocycles. The van der Waals surface area contributed by atoms with Crippen LogP contribution < -0.4 is 20.3 Å². The minimum atomic E-state index is -0.732. The van der Waals surface area contributed by atoms with Gasteiger partial charge in [-0.3, -0.25) is 14.9 Å². The summed E-state index contributed by atoms with van der Waals surface area (Å²) in [6.45, 7) is 5.08. The molecule has 1 atom stereocenters. The Bertz CT molecular complexity index is 980. The van der Waals surface area contributed by atoms with Gasteiger partial charge in [-0.15, -0.1) is 0 Å². The first-order valence-electron chi connectivity index (χ1n) is 11.0. The summed E-state index contributed by atoms with van der Waals surface area (Å²) in [7, 11) is 1.66. The summed E-state index contributed by atoms with van der Waals surface area (Å²) in [5.74, 6) is 0.863. The summed E-state index contributed by atoms with van der Waals surface area (Å²) >= 11 is 0. The van der Waals surface area contributed by atoms with Crippen LogP contribution in [0.15, 0.2) is 53.5 Å². The fourth-order valence-corrected chi connectivity index (χ4v) is 3.91. The lowest BCUT2D eigenvalue weighted by Crippen LogP contribution is -2.56. The maximum absolute atomic E-state index is 12.8. The van der Waals surface area contributed by atoms with Crippen molar-refractivity contribution in [2.24, 2.45) is 4.99 Å². The second-order valence-electron chi connectivity index (χ2n) is 7.93. The zero-order valence-corrected chi connectivity index (χ0v) is 18.5. The van der Waals surface area contributed by atoms with E-state index in [9.17, 15) is 9.59 Å². The number of piperazine rings is 1. The summed E-state index contributed by atoms with van der Waals surface area (Å²) in [5, 5.41) is 5.72. The van der Waals surface area contributed by atoms with Gasteiger partial charge in [0.05, 0.1) is 13.5 Å². The number of hydrogen-bond acceptors (Lipinski definition) is 6. The first-order chi connectivity index (χ1) is 15.6. The van der Waals surface area contributed by atoms with Gasteiger partial charge in [-0.2, -0.15) is 0 Å². The molecule has 1 fully saturated rings. The van der Waals surface area contributed by atoms with Crippen LogP contribution in [0.25, 0.3) is 0 Å². The van der Waals surface area contributed by atoms with Crippen molar-refractivity contribution in [1.29, 1.82) is 0 Å². The number of benzene rings is 2. The molecular formula is C24H29N5O3. The second-order valence-corrected chi connectivity index (χ2v) is 7.93. The van der Waals surface area contributed by atoms with Gasteiger partial charge in [-0.1, -0.05) is 19.1 Å². The third-order valence-corrected chi connectivity index (χ3v) is 5.86. The van der Waals surface area contributed by atoms with E-state index in [-0.39, 0.29) is 18.2 Å². The molecule has 2 heterocycles. The topological polar surface area (TPSA) is 86.3 Å². The highest BCUT2D eigenvalue weighted by Gasteiger charge is 2.30. The van der Waals surface area contributed by atoms with Gasteiger partial charge in [0.2, 0.25) is 17.8 Å². The summed E-state index contributed by atoms with van der Waals surface area (Å²) in [5.41, 5.74) is 3.04. The van der Waals surface area contributed by atoms with Crippen LogP contribution in [0.5, 0.6) is 5.75 Å². The van der Waals surface area contributed by atoms with Crippen molar-refractivity contribution in [2.45, 2.75) is 25.8 Å². The van der Waals surface area contributed by atoms with E-state index in [0.29, 0.717) is 24.7 Å². The predicted molar refractivity (Wildman–Crippen MR) is 125 cm³/mol. The number of aliphatic imine (C=N–C) groups is 1. The fraction of sp³-hybridized carbons (Fsp3) is 0.375. The van der Waals surface area contributed by atoms with Gasteiger partial charge >= 0.3 is 0 Å². The van der Waals surface area contributed by atoms with Crippen LogP contribution in [0.3, 0.4) is 0 Å². The van der Waals surface area contributed by atoms with E-state index >= 15 is 0 Å². The van der Waals surface area contributed by atoms with E-state index in [1.165, 1.54) is 5.56 Å². The highest BCUT2D eigenvalue weighted by atomic mass is 16.5. The van der Waals surface area contributed by atoms with Crippen LogP contribution in [-0.2, 0) is 16.0 Å². The van der Waals surface area contributed by atoms with Crippen molar-refractivity contribution in [3.8, 4) is 5.75 Å². The lowest BCUT2D eigenvalue weighted by atomic mass is 10.1. The Hall–Kier alpha value is -3.55. The molecule has 0 unspecified atom stereocenters. The Morgan fingerprint density at radius 1 is 1.06 bits per heavy atom. The van der Waals surface area contributed by atoms with Gasteiger partial charge in [-0.25, -0.2) is 4.99 Å². The number of methoxy groups -OCH3 is 1. The molecule has 2 N–H and O–H groups in total. The summed E-state index contributed by atoms with van der Waals surface area (Å²) in [4.78, 5) is 33.9. The largest absolute Gasteiger partial charge is 0.497 e. The first kappa shape index (κ1) is 21.7. The standard InChI is InChI=1S/C24H29N5O3/c1-3-17-4-6-18(7-5-17)25-23(31)21-16-22(30)27-24(26-21)29-14-12-28(13-15-29)19-8-10-20(32-2)11-9-19/h4-11,21H,3,12-16H2,1-2H3,(H,25,31)(H,26,27,30)/t21-/m1/s1. The van der Waals surface area contributed by atoms with Crippen LogP contribution in [0.4, 0.5) is 11.4 Å². The first-order valence-corrected chi connectivity index (χ1v) is 11.0. The number of hydrogen-bond donors (Lipinski definition) is 2. The number of carbonyl (C=O) groups is 2. The van der Waals surface area contributed by atoms with E-state index in [2.05, 4.69) is 27.4 Å². The van der Waals surface area contributed by atoms with E-state index in [1.54, 1.807) is 7.11 Å². The number of carbonyl (C=O) groups excluding carboxylic acids is 2. The second kappa shape index (κ2) is 9.72. The normalized spacial score (nSPS) is 18.6. The van der Waals surface area contributed by atoms with E-state index in [1.807, 2.05) is 53.4 Å².